The van der Waals surface area contributed by atoms with Gasteiger partial charge in [0.25, 0.3) is 5.56 Å². The molecule has 5 nitrogen and oxygen atoms in total. The topological polar surface area (TPSA) is 60.4 Å². The van der Waals surface area contributed by atoms with E-state index in [1.165, 1.54) is 34.1 Å². The van der Waals surface area contributed by atoms with Gasteiger partial charge in [-0.15, -0.1) is 10.2 Å². The van der Waals surface area contributed by atoms with Crippen LogP contribution in [0.3, 0.4) is 0 Å². The molecule has 0 aliphatic rings. The number of nitrogens with zero attached hydrogens (tertiary/aromatic N) is 3. The quantitative estimate of drug-likeness (QED) is 0.568. The van der Waals surface area contributed by atoms with Gasteiger partial charge >= 0.3 is 0 Å². The molecule has 0 N–H and O–H groups in total. The highest BCUT2D eigenvalue weighted by atomic mass is 32.1. The van der Waals surface area contributed by atoms with Crippen molar-refractivity contribution in [3.63, 3.8) is 0 Å². The van der Waals surface area contributed by atoms with Crippen molar-refractivity contribution in [2.24, 2.45) is 0 Å². The highest BCUT2D eigenvalue weighted by Gasteiger charge is 2.15. The van der Waals surface area contributed by atoms with E-state index in [4.69, 9.17) is 4.42 Å². The lowest BCUT2D eigenvalue weighted by Crippen LogP contribution is -2.23. The maximum atomic E-state index is 12.9. The minimum atomic E-state index is -0.315. The van der Waals surface area contributed by atoms with Crippen LogP contribution in [0.25, 0.3) is 22.6 Å². The Kier molecular flexibility index (Phi) is 2.87. The summed E-state index contributed by atoms with van der Waals surface area (Å²) in [6.07, 6.45) is 3.21. The minimum Gasteiger partial charge on any atom is -0.461 e. The van der Waals surface area contributed by atoms with Crippen molar-refractivity contribution < 1.29 is 8.81 Å². The lowest BCUT2D eigenvalue weighted by atomic mass is 10.2. The first-order valence-corrected chi connectivity index (χ1v) is 7.23. The molecule has 0 saturated carbocycles. The van der Waals surface area contributed by atoms with Gasteiger partial charge in [-0.3, -0.25) is 4.79 Å². The highest BCUT2D eigenvalue weighted by Crippen LogP contribution is 2.17. The zero-order valence-corrected chi connectivity index (χ0v) is 11.9. The number of aromatic nitrogens is 3. The van der Waals surface area contributed by atoms with Crippen molar-refractivity contribution in [3.8, 4) is 11.6 Å². The molecule has 0 unspecified atom stereocenters. The molecule has 4 aromatic rings. The largest absolute Gasteiger partial charge is 0.461 e. The van der Waals surface area contributed by atoms with E-state index >= 15 is 0 Å². The summed E-state index contributed by atoms with van der Waals surface area (Å²) in [5, 5.41) is 7.99. The maximum Gasteiger partial charge on any atom is 0.276 e. The third-order valence-corrected chi connectivity index (χ3v) is 4.12. The Morgan fingerprint density at radius 3 is 2.73 bits per heavy atom. The van der Waals surface area contributed by atoms with E-state index in [0.29, 0.717) is 21.1 Å². The van der Waals surface area contributed by atoms with Gasteiger partial charge in [0, 0.05) is 0 Å². The van der Waals surface area contributed by atoms with E-state index in [1.807, 2.05) is 0 Å². The molecular formula is C15H8FN3O2S. The van der Waals surface area contributed by atoms with Crippen LogP contribution in [0.2, 0.25) is 0 Å². The van der Waals surface area contributed by atoms with Crippen LogP contribution < -0.4 is 10.1 Å². The van der Waals surface area contributed by atoms with E-state index in [1.54, 1.807) is 30.3 Å². The standard InChI is InChI=1S/C15H8FN3O2S/c16-10-5-3-9(4-6-10)8-12-14(20)19-13(11-2-1-7-21-11)17-18-15(19)22-12/h1-8H. The lowest BCUT2D eigenvalue weighted by Gasteiger charge is -1.91. The molecule has 3 aromatic heterocycles. The summed E-state index contributed by atoms with van der Waals surface area (Å²) in [4.78, 5) is 13.0. The third kappa shape index (κ3) is 2.03. The number of rotatable bonds is 2. The van der Waals surface area contributed by atoms with Gasteiger partial charge in [-0.25, -0.2) is 8.79 Å². The van der Waals surface area contributed by atoms with Crippen LogP contribution >= 0.6 is 11.3 Å². The molecular weight excluding hydrogens is 305 g/mol. The number of thiazole rings is 1. The summed E-state index contributed by atoms with van der Waals surface area (Å²) in [5.41, 5.74) is 0.524. The van der Waals surface area contributed by atoms with Crippen molar-refractivity contribution in [2.75, 3.05) is 0 Å². The number of hydrogen-bond donors (Lipinski definition) is 0. The Morgan fingerprint density at radius 1 is 1.18 bits per heavy atom. The van der Waals surface area contributed by atoms with Gasteiger partial charge in [0.05, 0.1) is 10.8 Å². The van der Waals surface area contributed by atoms with Crippen LogP contribution in [0, 0.1) is 5.82 Å². The average molecular weight is 313 g/mol. The summed E-state index contributed by atoms with van der Waals surface area (Å²) in [5.74, 6) is 0.542. The first-order valence-electron chi connectivity index (χ1n) is 6.41. The highest BCUT2D eigenvalue weighted by molar-refractivity contribution is 7.15. The number of fused-ring (bicyclic) bond motifs is 1. The van der Waals surface area contributed by atoms with Gasteiger partial charge < -0.3 is 4.42 Å². The Bertz CT molecular complexity index is 1050. The van der Waals surface area contributed by atoms with Crippen LogP contribution in [0.15, 0.2) is 51.9 Å². The molecule has 3 heterocycles. The molecule has 0 saturated heterocycles. The molecule has 0 aliphatic heterocycles. The molecule has 7 heteroatoms. The van der Waals surface area contributed by atoms with Gasteiger partial charge in [-0.2, -0.15) is 0 Å². The van der Waals surface area contributed by atoms with E-state index in [9.17, 15) is 9.18 Å². The van der Waals surface area contributed by atoms with E-state index in [0.717, 1.165) is 5.56 Å². The molecule has 108 valence electrons. The van der Waals surface area contributed by atoms with Gasteiger partial charge in [-0.05, 0) is 35.9 Å². The van der Waals surface area contributed by atoms with Crippen LogP contribution in [0.4, 0.5) is 4.39 Å². The summed E-state index contributed by atoms with van der Waals surface area (Å²) >= 11 is 1.23. The predicted molar refractivity (Wildman–Crippen MR) is 80.0 cm³/mol. The summed E-state index contributed by atoms with van der Waals surface area (Å²) in [6.45, 7) is 0. The van der Waals surface area contributed by atoms with Crippen molar-refractivity contribution in [1.82, 2.24) is 14.6 Å². The Balaban J connectivity index is 1.92. The van der Waals surface area contributed by atoms with Crippen LogP contribution in [-0.4, -0.2) is 14.6 Å². The number of halogens is 1. The monoisotopic (exact) mass is 313 g/mol. The molecule has 22 heavy (non-hydrogen) atoms. The second-order valence-corrected chi connectivity index (χ2v) is 5.60. The molecule has 0 atom stereocenters. The Hall–Kier alpha value is -2.80. The molecule has 0 fully saturated rings. The third-order valence-electron chi connectivity index (χ3n) is 3.16. The first-order chi connectivity index (χ1) is 10.7. The fourth-order valence-electron chi connectivity index (χ4n) is 2.14. The molecule has 0 spiro atoms. The summed E-state index contributed by atoms with van der Waals surface area (Å²) in [7, 11) is 0. The normalized spacial score (nSPS) is 12.3. The summed E-state index contributed by atoms with van der Waals surface area (Å²) in [6, 6.07) is 9.37. The smallest absolute Gasteiger partial charge is 0.276 e. The zero-order valence-electron chi connectivity index (χ0n) is 11.1. The lowest BCUT2D eigenvalue weighted by molar-refractivity contribution is 0.576. The van der Waals surface area contributed by atoms with Gasteiger partial charge in [0.2, 0.25) is 10.8 Å². The fourth-order valence-corrected chi connectivity index (χ4v) is 3.05. The Morgan fingerprint density at radius 2 is 2.00 bits per heavy atom. The van der Waals surface area contributed by atoms with Crippen molar-refractivity contribution in [1.29, 1.82) is 0 Å². The van der Waals surface area contributed by atoms with Gasteiger partial charge in [-0.1, -0.05) is 23.5 Å². The van der Waals surface area contributed by atoms with Gasteiger partial charge in [0.15, 0.2) is 5.76 Å². The predicted octanol–water partition coefficient (Wildman–Crippen LogP) is 2.10. The second-order valence-electron chi connectivity index (χ2n) is 4.59. The van der Waals surface area contributed by atoms with Crippen molar-refractivity contribution in [3.05, 3.63) is 68.9 Å². The average Bonchev–Trinajstić information content (AvgIpc) is 3.21. The van der Waals surface area contributed by atoms with Crippen LogP contribution in [0.5, 0.6) is 0 Å². The molecule has 0 aliphatic carbocycles. The van der Waals surface area contributed by atoms with Crippen molar-refractivity contribution >= 4 is 22.4 Å². The minimum absolute atomic E-state index is 0.222. The molecule has 1 aromatic carbocycles. The number of hydrogen-bond acceptors (Lipinski definition) is 5. The Labute approximate surface area is 127 Å². The molecule has 4 rings (SSSR count). The fraction of sp³-hybridized carbons (Fsp3) is 0. The molecule has 0 radical (unpaired) electrons. The first kappa shape index (κ1) is 12.9. The van der Waals surface area contributed by atoms with E-state index in [2.05, 4.69) is 10.2 Å². The van der Waals surface area contributed by atoms with Gasteiger partial charge in [0.1, 0.15) is 5.82 Å². The zero-order chi connectivity index (χ0) is 15.1. The SMILES string of the molecule is O=c1c(=Cc2ccc(F)cc2)sc2nnc(-c3ccco3)n12. The summed E-state index contributed by atoms with van der Waals surface area (Å²) < 4.78 is 20.1. The van der Waals surface area contributed by atoms with Crippen LogP contribution in [0.1, 0.15) is 5.56 Å². The molecule has 0 amide bonds. The van der Waals surface area contributed by atoms with Crippen molar-refractivity contribution in [2.45, 2.75) is 0 Å². The molecule has 0 bridgehead atoms. The number of furan rings is 1. The van der Waals surface area contributed by atoms with E-state index < -0.39 is 0 Å². The number of benzene rings is 1. The second kappa shape index (κ2) is 4.88. The van der Waals surface area contributed by atoms with E-state index in [-0.39, 0.29) is 11.4 Å². The van der Waals surface area contributed by atoms with Crippen LogP contribution in [-0.2, 0) is 0 Å². The maximum absolute atomic E-state index is 12.9.